The van der Waals surface area contributed by atoms with Crippen LogP contribution in [-0.2, 0) is 4.74 Å². The summed E-state index contributed by atoms with van der Waals surface area (Å²) in [7, 11) is 0. The van der Waals surface area contributed by atoms with Gasteiger partial charge in [-0.2, -0.15) is 4.37 Å². The van der Waals surface area contributed by atoms with Crippen LogP contribution in [0.3, 0.4) is 0 Å². The number of piperidine rings is 1. The molecule has 0 bridgehead atoms. The van der Waals surface area contributed by atoms with Crippen molar-refractivity contribution in [2.75, 3.05) is 25.0 Å². The van der Waals surface area contributed by atoms with E-state index in [-0.39, 0.29) is 6.09 Å². The summed E-state index contributed by atoms with van der Waals surface area (Å²) in [5, 5.41) is 4.22. The van der Waals surface area contributed by atoms with E-state index in [2.05, 4.69) is 14.7 Å². The van der Waals surface area contributed by atoms with Gasteiger partial charge in [0.2, 0.25) is 5.13 Å². The number of nitrogens with zero attached hydrogens (tertiary/aromatic N) is 3. The largest absolute Gasteiger partial charge is 0.450 e. The van der Waals surface area contributed by atoms with E-state index in [9.17, 15) is 4.79 Å². The number of anilines is 1. The highest BCUT2D eigenvalue weighted by Gasteiger charge is 2.23. The Labute approximate surface area is 111 Å². The molecule has 0 spiro atoms. The lowest BCUT2D eigenvalue weighted by Crippen LogP contribution is -2.42. The molecule has 6 nitrogen and oxygen atoms in total. The van der Waals surface area contributed by atoms with Crippen LogP contribution in [0.15, 0.2) is 0 Å². The van der Waals surface area contributed by atoms with Crippen molar-refractivity contribution in [3.63, 3.8) is 0 Å². The van der Waals surface area contributed by atoms with Crippen LogP contribution < -0.4 is 5.32 Å². The minimum Gasteiger partial charge on any atom is -0.450 e. The molecule has 0 aliphatic carbocycles. The quantitative estimate of drug-likeness (QED) is 0.908. The molecule has 0 saturated carbocycles. The molecule has 1 aromatic heterocycles. The Morgan fingerprint density at radius 1 is 1.56 bits per heavy atom. The van der Waals surface area contributed by atoms with E-state index in [1.54, 1.807) is 4.90 Å². The van der Waals surface area contributed by atoms with Crippen LogP contribution in [0, 0.1) is 6.92 Å². The lowest BCUT2D eigenvalue weighted by molar-refractivity contribution is 0.0983. The molecule has 0 atom stereocenters. The number of aryl methyl sites for hydroxylation is 1. The Kier molecular flexibility index (Phi) is 4.35. The van der Waals surface area contributed by atoms with Gasteiger partial charge in [0.1, 0.15) is 5.82 Å². The molecule has 2 rings (SSSR count). The third-order valence-electron chi connectivity index (χ3n) is 2.88. The van der Waals surface area contributed by atoms with Gasteiger partial charge in [-0.15, -0.1) is 0 Å². The molecule has 0 radical (unpaired) electrons. The van der Waals surface area contributed by atoms with E-state index in [4.69, 9.17) is 4.74 Å². The summed E-state index contributed by atoms with van der Waals surface area (Å²) in [6.45, 7) is 5.60. The van der Waals surface area contributed by atoms with Crippen molar-refractivity contribution in [2.24, 2.45) is 0 Å². The van der Waals surface area contributed by atoms with Gasteiger partial charge in [-0.25, -0.2) is 9.78 Å². The first-order valence-corrected chi connectivity index (χ1v) is 6.95. The van der Waals surface area contributed by atoms with Gasteiger partial charge >= 0.3 is 6.09 Å². The van der Waals surface area contributed by atoms with Gasteiger partial charge in [0.25, 0.3) is 0 Å². The molecule has 7 heteroatoms. The lowest BCUT2D eigenvalue weighted by Gasteiger charge is -2.31. The number of amides is 1. The smallest absolute Gasteiger partial charge is 0.409 e. The molecule has 1 saturated heterocycles. The van der Waals surface area contributed by atoms with Gasteiger partial charge in [-0.1, -0.05) is 0 Å². The summed E-state index contributed by atoms with van der Waals surface area (Å²) in [5.74, 6) is 0.798. The van der Waals surface area contributed by atoms with E-state index in [1.165, 1.54) is 11.5 Å². The average Bonchev–Trinajstić information content (AvgIpc) is 2.76. The fraction of sp³-hybridized carbons (Fsp3) is 0.727. The van der Waals surface area contributed by atoms with Crippen molar-refractivity contribution in [3.8, 4) is 0 Å². The molecule has 1 fully saturated rings. The normalized spacial score (nSPS) is 16.7. The summed E-state index contributed by atoms with van der Waals surface area (Å²) >= 11 is 1.38. The van der Waals surface area contributed by atoms with Crippen LogP contribution in [0.1, 0.15) is 25.6 Å². The topological polar surface area (TPSA) is 67.3 Å². The fourth-order valence-corrected chi connectivity index (χ4v) is 2.60. The molecular formula is C11H18N4O2S. The molecular weight excluding hydrogens is 252 g/mol. The van der Waals surface area contributed by atoms with Crippen LogP contribution in [0.5, 0.6) is 0 Å². The number of rotatable bonds is 3. The number of hydrogen-bond donors (Lipinski definition) is 1. The van der Waals surface area contributed by atoms with Crippen molar-refractivity contribution in [3.05, 3.63) is 5.82 Å². The van der Waals surface area contributed by atoms with Crippen molar-refractivity contribution in [1.29, 1.82) is 0 Å². The molecule has 1 N–H and O–H groups in total. The van der Waals surface area contributed by atoms with Gasteiger partial charge in [0.05, 0.1) is 6.61 Å². The third kappa shape index (κ3) is 3.32. The van der Waals surface area contributed by atoms with Gasteiger partial charge in [0, 0.05) is 30.7 Å². The minimum atomic E-state index is -0.206. The minimum absolute atomic E-state index is 0.206. The maximum absolute atomic E-state index is 11.5. The molecule has 1 aliphatic rings. The second kappa shape index (κ2) is 5.99. The second-order valence-corrected chi connectivity index (χ2v) is 5.00. The van der Waals surface area contributed by atoms with E-state index in [0.717, 1.165) is 36.9 Å². The zero-order valence-electron chi connectivity index (χ0n) is 10.7. The molecule has 18 heavy (non-hydrogen) atoms. The van der Waals surface area contributed by atoms with E-state index >= 15 is 0 Å². The Morgan fingerprint density at radius 3 is 2.83 bits per heavy atom. The van der Waals surface area contributed by atoms with Crippen LogP contribution in [0.4, 0.5) is 9.93 Å². The predicted molar refractivity (Wildman–Crippen MR) is 69.9 cm³/mol. The van der Waals surface area contributed by atoms with Crippen molar-refractivity contribution >= 4 is 22.8 Å². The Hall–Kier alpha value is -1.37. The zero-order chi connectivity index (χ0) is 13.0. The summed E-state index contributed by atoms with van der Waals surface area (Å²) in [6.07, 6.45) is 1.62. The van der Waals surface area contributed by atoms with Crippen molar-refractivity contribution < 1.29 is 9.53 Å². The van der Waals surface area contributed by atoms with E-state index in [1.807, 2.05) is 13.8 Å². The van der Waals surface area contributed by atoms with E-state index < -0.39 is 0 Å². The highest BCUT2D eigenvalue weighted by Crippen LogP contribution is 2.18. The Morgan fingerprint density at radius 2 is 2.28 bits per heavy atom. The number of ether oxygens (including phenoxy) is 1. The molecule has 0 unspecified atom stereocenters. The number of carbonyl (C=O) groups excluding carboxylic acids is 1. The standard InChI is InChI=1S/C11H18N4O2S/c1-3-17-11(16)15-6-4-9(5-7-15)13-10-12-8(2)14-18-10/h9H,3-7H2,1-2H3,(H,12,13,14). The predicted octanol–water partition coefficient (Wildman–Crippen LogP) is 1.88. The second-order valence-electron chi connectivity index (χ2n) is 4.25. The fourth-order valence-electron chi connectivity index (χ4n) is 1.95. The molecule has 1 amide bonds. The lowest BCUT2D eigenvalue weighted by atomic mass is 10.1. The number of nitrogens with one attached hydrogen (secondary N) is 1. The number of aromatic nitrogens is 2. The van der Waals surface area contributed by atoms with Gasteiger partial charge in [-0.3, -0.25) is 0 Å². The van der Waals surface area contributed by atoms with E-state index in [0.29, 0.717) is 12.6 Å². The molecule has 1 aromatic rings. The molecule has 100 valence electrons. The first-order valence-electron chi connectivity index (χ1n) is 6.17. The summed E-state index contributed by atoms with van der Waals surface area (Å²) in [6, 6.07) is 0.364. The summed E-state index contributed by atoms with van der Waals surface area (Å²) in [4.78, 5) is 17.6. The monoisotopic (exact) mass is 270 g/mol. The third-order valence-corrected chi connectivity index (χ3v) is 3.61. The Bertz CT molecular complexity index is 402. The first kappa shape index (κ1) is 13.1. The summed E-state index contributed by atoms with van der Waals surface area (Å²) in [5.41, 5.74) is 0. The average molecular weight is 270 g/mol. The highest BCUT2D eigenvalue weighted by atomic mass is 32.1. The maximum Gasteiger partial charge on any atom is 0.409 e. The Balaban J connectivity index is 1.78. The SMILES string of the molecule is CCOC(=O)N1CCC(Nc2nc(C)ns2)CC1. The van der Waals surface area contributed by atoms with Crippen molar-refractivity contribution in [1.82, 2.24) is 14.3 Å². The van der Waals surface area contributed by atoms with Gasteiger partial charge in [0.15, 0.2) is 0 Å². The van der Waals surface area contributed by atoms with Crippen molar-refractivity contribution in [2.45, 2.75) is 32.7 Å². The molecule has 2 heterocycles. The van der Waals surface area contributed by atoms with Crippen LogP contribution in [-0.4, -0.2) is 46.1 Å². The highest BCUT2D eigenvalue weighted by molar-refractivity contribution is 7.09. The molecule has 0 aromatic carbocycles. The van der Waals surface area contributed by atoms with Crippen LogP contribution in [0.2, 0.25) is 0 Å². The van der Waals surface area contributed by atoms with Crippen LogP contribution in [0.25, 0.3) is 0 Å². The van der Waals surface area contributed by atoms with Gasteiger partial charge in [-0.05, 0) is 26.7 Å². The van der Waals surface area contributed by atoms with Gasteiger partial charge < -0.3 is 15.0 Å². The number of carbonyl (C=O) groups is 1. The number of likely N-dealkylation sites (tertiary alicyclic amines) is 1. The maximum atomic E-state index is 11.5. The first-order chi connectivity index (χ1) is 8.69. The summed E-state index contributed by atoms with van der Waals surface area (Å²) < 4.78 is 9.12. The zero-order valence-corrected chi connectivity index (χ0v) is 11.5. The van der Waals surface area contributed by atoms with Crippen LogP contribution >= 0.6 is 11.5 Å². The number of hydrogen-bond acceptors (Lipinski definition) is 6. The molecule has 1 aliphatic heterocycles.